The van der Waals surface area contributed by atoms with Gasteiger partial charge < -0.3 is 10.0 Å². The van der Waals surface area contributed by atoms with E-state index in [-0.39, 0.29) is 17.2 Å². The number of nitrogens with zero attached hydrogens (tertiary/aromatic N) is 3. The molecule has 2 heterocycles. The normalized spacial score (nSPS) is 20.2. The molecule has 6 nitrogen and oxygen atoms in total. The summed E-state index contributed by atoms with van der Waals surface area (Å²) in [5.74, 6) is -1.81. The van der Waals surface area contributed by atoms with Crippen molar-refractivity contribution in [2.24, 2.45) is 5.92 Å². The van der Waals surface area contributed by atoms with Crippen LogP contribution in [0, 0.1) is 25.6 Å². The van der Waals surface area contributed by atoms with Crippen LogP contribution in [0.1, 0.15) is 41.5 Å². The van der Waals surface area contributed by atoms with E-state index in [9.17, 15) is 19.1 Å². The smallest absolute Gasteiger partial charge is 0.326 e. The minimum absolute atomic E-state index is 0.147. The van der Waals surface area contributed by atoms with Crippen LogP contribution >= 0.6 is 0 Å². The van der Waals surface area contributed by atoms with Crippen molar-refractivity contribution in [1.82, 2.24) is 14.7 Å². The number of benzene rings is 1. The average Bonchev–Trinajstić information content (AvgIpc) is 2.92. The molecule has 1 aromatic carbocycles. The molecule has 138 valence electrons. The SMILES string of the molecule is Cc1cc(C)n(-c2ccc(C(=O)N3CCC(C)CC3C(=O)O)cc2F)n1. The Balaban J connectivity index is 1.90. The maximum atomic E-state index is 14.6. The Labute approximate surface area is 151 Å². The molecule has 0 spiro atoms. The number of carboxylic acids is 1. The van der Waals surface area contributed by atoms with Crippen molar-refractivity contribution in [2.45, 2.75) is 39.7 Å². The lowest BCUT2D eigenvalue weighted by molar-refractivity contribution is -0.144. The number of piperidine rings is 1. The average molecular weight is 359 g/mol. The lowest BCUT2D eigenvalue weighted by Gasteiger charge is -2.36. The zero-order valence-corrected chi connectivity index (χ0v) is 15.1. The van der Waals surface area contributed by atoms with Gasteiger partial charge in [-0.15, -0.1) is 0 Å². The number of likely N-dealkylation sites (tertiary alicyclic amines) is 1. The first-order valence-electron chi connectivity index (χ1n) is 8.65. The fourth-order valence-corrected chi connectivity index (χ4v) is 3.47. The number of carbonyl (C=O) groups excluding carboxylic acids is 1. The van der Waals surface area contributed by atoms with Crippen LogP contribution in [0.2, 0.25) is 0 Å². The maximum Gasteiger partial charge on any atom is 0.326 e. The second-order valence-electron chi connectivity index (χ2n) is 6.99. The third-order valence-electron chi connectivity index (χ3n) is 4.84. The van der Waals surface area contributed by atoms with Crippen LogP contribution in [0.25, 0.3) is 5.69 Å². The summed E-state index contributed by atoms with van der Waals surface area (Å²) < 4.78 is 16.1. The molecule has 1 amide bonds. The first-order chi connectivity index (χ1) is 12.3. The standard InChI is InChI=1S/C19H22FN3O3/c1-11-6-7-22(17(8-11)19(25)26)18(24)14-4-5-16(15(20)10-14)23-13(3)9-12(2)21-23/h4-5,9-11,17H,6-8H2,1-3H3,(H,25,26). The van der Waals surface area contributed by atoms with Gasteiger partial charge in [0.25, 0.3) is 5.91 Å². The molecule has 1 aromatic heterocycles. The zero-order chi connectivity index (χ0) is 19.0. The molecule has 1 N–H and O–H groups in total. The van der Waals surface area contributed by atoms with Gasteiger partial charge in [-0.25, -0.2) is 13.9 Å². The van der Waals surface area contributed by atoms with Crippen LogP contribution in [0.4, 0.5) is 4.39 Å². The quantitative estimate of drug-likeness (QED) is 0.914. The van der Waals surface area contributed by atoms with Crippen LogP contribution in [-0.2, 0) is 4.79 Å². The summed E-state index contributed by atoms with van der Waals surface area (Å²) in [4.78, 5) is 25.6. The van der Waals surface area contributed by atoms with Gasteiger partial charge in [-0.05, 0) is 56.9 Å². The minimum Gasteiger partial charge on any atom is -0.480 e. The Hall–Kier alpha value is -2.70. The van der Waals surface area contributed by atoms with E-state index in [1.807, 2.05) is 26.8 Å². The van der Waals surface area contributed by atoms with Gasteiger partial charge in [0.15, 0.2) is 0 Å². The highest BCUT2D eigenvalue weighted by Crippen LogP contribution is 2.25. The molecule has 2 atom stereocenters. The lowest BCUT2D eigenvalue weighted by atomic mass is 9.92. The lowest BCUT2D eigenvalue weighted by Crippen LogP contribution is -2.49. The molecule has 0 saturated carbocycles. The van der Waals surface area contributed by atoms with Gasteiger partial charge in [0.1, 0.15) is 17.5 Å². The van der Waals surface area contributed by atoms with Gasteiger partial charge in [-0.3, -0.25) is 4.79 Å². The van der Waals surface area contributed by atoms with E-state index >= 15 is 0 Å². The predicted octanol–water partition coefficient (Wildman–Crippen LogP) is 2.95. The number of halogens is 1. The number of aromatic nitrogens is 2. The molecule has 2 aromatic rings. The van der Waals surface area contributed by atoms with E-state index in [1.54, 1.807) is 0 Å². The molecule has 1 saturated heterocycles. The molecule has 1 fully saturated rings. The van der Waals surface area contributed by atoms with E-state index in [2.05, 4.69) is 5.10 Å². The van der Waals surface area contributed by atoms with Crippen LogP contribution in [0.3, 0.4) is 0 Å². The number of rotatable bonds is 3. The topological polar surface area (TPSA) is 75.4 Å². The first kappa shape index (κ1) is 18.1. The Morgan fingerprint density at radius 3 is 2.58 bits per heavy atom. The highest BCUT2D eigenvalue weighted by molar-refractivity contribution is 5.97. The van der Waals surface area contributed by atoms with Gasteiger partial charge in [0, 0.05) is 17.8 Å². The third kappa shape index (κ3) is 3.34. The summed E-state index contributed by atoms with van der Waals surface area (Å²) in [7, 11) is 0. The Morgan fingerprint density at radius 2 is 2.00 bits per heavy atom. The second kappa shape index (κ2) is 6.90. The third-order valence-corrected chi connectivity index (χ3v) is 4.84. The van der Waals surface area contributed by atoms with Crippen molar-refractivity contribution >= 4 is 11.9 Å². The number of hydrogen-bond donors (Lipinski definition) is 1. The first-order valence-corrected chi connectivity index (χ1v) is 8.65. The van der Waals surface area contributed by atoms with Crippen LogP contribution in [-0.4, -0.2) is 44.3 Å². The molecular weight excluding hydrogens is 337 g/mol. The van der Waals surface area contributed by atoms with Gasteiger partial charge in [0.05, 0.1) is 5.69 Å². The number of amides is 1. The summed E-state index contributed by atoms with van der Waals surface area (Å²) in [6.07, 6.45) is 1.15. The van der Waals surface area contributed by atoms with Crippen molar-refractivity contribution in [3.8, 4) is 5.69 Å². The number of carbonyl (C=O) groups is 2. The summed E-state index contributed by atoms with van der Waals surface area (Å²) >= 11 is 0. The number of hydrogen-bond acceptors (Lipinski definition) is 3. The van der Waals surface area contributed by atoms with Crippen LogP contribution in [0.15, 0.2) is 24.3 Å². The summed E-state index contributed by atoms with van der Waals surface area (Å²) in [5, 5.41) is 13.7. The largest absolute Gasteiger partial charge is 0.480 e. The Bertz CT molecular complexity index is 862. The fourth-order valence-electron chi connectivity index (χ4n) is 3.47. The molecule has 7 heteroatoms. The summed E-state index contributed by atoms with van der Waals surface area (Å²) in [5.41, 5.74) is 1.97. The molecule has 1 aliphatic heterocycles. The number of aryl methyl sites for hydroxylation is 2. The van der Waals surface area contributed by atoms with Crippen molar-refractivity contribution in [2.75, 3.05) is 6.54 Å². The van der Waals surface area contributed by atoms with Gasteiger partial charge in [-0.2, -0.15) is 5.10 Å². The highest BCUT2D eigenvalue weighted by Gasteiger charge is 2.35. The number of carboxylic acid groups (broad SMARTS) is 1. The van der Waals surface area contributed by atoms with E-state index in [4.69, 9.17) is 0 Å². The molecule has 1 aliphatic rings. The predicted molar refractivity (Wildman–Crippen MR) is 93.9 cm³/mol. The van der Waals surface area contributed by atoms with Crippen molar-refractivity contribution in [3.05, 3.63) is 47.0 Å². The van der Waals surface area contributed by atoms with E-state index in [0.717, 1.165) is 23.9 Å². The Morgan fingerprint density at radius 1 is 1.27 bits per heavy atom. The minimum atomic E-state index is -1.02. The molecule has 0 aliphatic carbocycles. The summed E-state index contributed by atoms with van der Waals surface area (Å²) in [6, 6.07) is 5.15. The summed E-state index contributed by atoms with van der Waals surface area (Å²) in [6.45, 7) is 5.98. The zero-order valence-electron chi connectivity index (χ0n) is 15.1. The fraction of sp³-hybridized carbons (Fsp3) is 0.421. The van der Waals surface area contributed by atoms with Crippen molar-refractivity contribution in [1.29, 1.82) is 0 Å². The molecule has 0 bridgehead atoms. The second-order valence-corrected chi connectivity index (χ2v) is 6.99. The van der Waals surface area contributed by atoms with E-state index < -0.39 is 23.7 Å². The molecule has 0 radical (unpaired) electrons. The van der Waals surface area contributed by atoms with Crippen LogP contribution < -0.4 is 0 Å². The van der Waals surface area contributed by atoms with Crippen molar-refractivity contribution < 1.29 is 19.1 Å². The molecule has 26 heavy (non-hydrogen) atoms. The molecule has 2 unspecified atom stereocenters. The molecule has 3 rings (SSSR count). The van der Waals surface area contributed by atoms with Crippen molar-refractivity contribution in [3.63, 3.8) is 0 Å². The molecular formula is C19H22FN3O3. The Kier molecular flexibility index (Phi) is 4.80. The maximum absolute atomic E-state index is 14.6. The van der Waals surface area contributed by atoms with Gasteiger partial charge in [0.2, 0.25) is 0 Å². The van der Waals surface area contributed by atoms with Gasteiger partial charge >= 0.3 is 5.97 Å². The number of aliphatic carboxylic acids is 1. The highest BCUT2D eigenvalue weighted by atomic mass is 19.1. The van der Waals surface area contributed by atoms with Gasteiger partial charge in [-0.1, -0.05) is 6.92 Å². The monoisotopic (exact) mass is 359 g/mol. The van der Waals surface area contributed by atoms with E-state index in [0.29, 0.717) is 13.0 Å². The van der Waals surface area contributed by atoms with E-state index in [1.165, 1.54) is 21.7 Å². The van der Waals surface area contributed by atoms with Crippen LogP contribution in [0.5, 0.6) is 0 Å².